The zero-order valence-corrected chi connectivity index (χ0v) is 17.7. The van der Waals surface area contributed by atoms with Crippen molar-refractivity contribution in [2.75, 3.05) is 14.2 Å². The van der Waals surface area contributed by atoms with E-state index in [1.54, 1.807) is 25.6 Å². The molecular formula is C13H10Br4O2S. The van der Waals surface area contributed by atoms with E-state index in [0.29, 0.717) is 11.5 Å². The molecule has 0 spiro atoms. The molecule has 2 rings (SSSR count). The minimum absolute atomic E-state index is 0.0496. The lowest BCUT2D eigenvalue weighted by Gasteiger charge is -2.15. The molecule has 0 bridgehead atoms. The Bertz CT molecular complexity index is 627. The lowest BCUT2D eigenvalue weighted by molar-refractivity contribution is 0.354. The average molecular weight is 550 g/mol. The highest BCUT2D eigenvalue weighted by Gasteiger charge is 2.21. The van der Waals surface area contributed by atoms with E-state index in [-0.39, 0.29) is 4.83 Å². The Kier molecular flexibility index (Phi) is 5.99. The van der Waals surface area contributed by atoms with Crippen molar-refractivity contribution < 1.29 is 9.47 Å². The zero-order valence-electron chi connectivity index (χ0n) is 10.5. The fraction of sp³-hybridized carbons (Fsp3) is 0.231. The van der Waals surface area contributed by atoms with Crippen molar-refractivity contribution in [3.8, 4) is 11.5 Å². The molecule has 1 aromatic heterocycles. The van der Waals surface area contributed by atoms with Gasteiger partial charge in [0.15, 0.2) is 11.5 Å². The van der Waals surface area contributed by atoms with Gasteiger partial charge in [-0.25, -0.2) is 0 Å². The molecule has 0 amide bonds. The third-order valence-electron chi connectivity index (χ3n) is 2.73. The van der Waals surface area contributed by atoms with Crippen LogP contribution in [0.2, 0.25) is 0 Å². The monoisotopic (exact) mass is 546 g/mol. The van der Waals surface area contributed by atoms with Gasteiger partial charge in [-0.2, -0.15) is 0 Å². The van der Waals surface area contributed by atoms with Crippen molar-refractivity contribution in [2.24, 2.45) is 0 Å². The van der Waals surface area contributed by atoms with Crippen LogP contribution in [0.15, 0.2) is 30.2 Å². The van der Waals surface area contributed by atoms with Gasteiger partial charge in [0, 0.05) is 4.47 Å². The molecule has 0 aliphatic rings. The predicted molar refractivity (Wildman–Crippen MR) is 97.7 cm³/mol. The fourth-order valence-corrected chi connectivity index (χ4v) is 6.72. The van der Waals surface area contributed by atoms with Gasteiger partial charge in [0.1, 0.15) is 0 Å². The molecule has 0 radical (unpaired) electrons. The lowest BCUT2D eigenvalue weighted by Crippen LogP contribution is -1.97. The highest BCUT2D eigenvalue weighted by atomic mass is 79.9. The van der Waals surface area contributed by atoms with Crippen LogP contribution in [0.25, 0.3) is 0 Å². The van der Waals surface area contributed by atoms with Crippen molar-refractivity contribution >= 4 is 75.1 Å². The van der Waals surface area contributed by atoms with Gasteiger partial charge in [-0.05, 0) is 61.2 Å². The SMILES string of the molecule is COc1cc(Br)c(C(Br)c2cc(Br)sc2Br)cc1OC. The van der Waals surface area contributed by atoms with E-state index in [0.717, 1.165) is 23.2 Å². The second kappa shape index (κ2) is 7.13. The van der Waals surface area contributed by atoms with E-state index >= 15 is 0 Å². The fourth-order valence-electron chi connectivity index (χ4n) is 1.76. The summed E-state index contributed by atoms with van der Waals surface area (Å²) in [4.78, 5) is 0.0496. The Morgan fingerprint density at radius 2 is 1.55 bits per heavy atom. The summed E-state index contributed by atoms with van der Waals surface area (Å²) in [6.45, 7) is 0. The zero-order chi connectivity index (χ0) is 14.9. The minimum atomic E-state index is 0.0496. The standard InChI is InChI=1S/C13H10Br4O2S/c1-18-9-3-6(8(14)5-10(9)19-2)12(16)7-4-11(15)20-13(7)17/h3-5,12H,1-2H3. The van der Waals surface area contributed by atoms with Crippen molar-refractivity contribution in [2.45, 2.75) is 4.83 Å². The topological polar surface area (TPSA) is 18.5 Å². The highest BCUT2D eigenvalue weighted by Crippen LogP contribution is 2.46. The van der Waals surface area contributed by atoms with Crippen molar-refractivity contribution in [1.82, 2.24) is 0 Å². The Labute approximate surface area is 155 Å². The first kappa shape index (κ1) is 16.8. The van der Waals surface area contributed by atoms with Crippen molar-refractivity contribution in [3.05, 3.63) is 41.4 Å². The van der Waals surface area contributed by atoms with Gasteiger partial charge in [-0.15, -0.1) is 11.3 Å². The molecule has 0 aliphatic heterocycles. The van der Waals surface area contributed by atoms with Gasteiger partial charge in [0.2, 0.25) is 0 Å². The smallest absolute Gasteiger partial charge is 0.161 e. The van der Waals surface area contributed by atoms with Crippen LogP contribution in [0.4, 0.5) is 0 Å². The predicted octanol–water partition coefficient (Wildman–Crippen LogP) is 6.54. The maximum Gasteiger partial charge on any atom is 0.161 e. The number of benzene rings is 1. The first-order valence-electron chi connectivity index (χ1n) is 5.48. The lowest BCUT2D eigenvalue weighted by atomic mass is 10.1. The molecule has 1 heterocycles. The molecule has 0 saturated heterocycles. The van der Waals surface area contributed by atoms with Crippen molar-refractivity contribution in [3.63, 3.8) is 0 Å². The maximum atomic E-state index is 5.37. The molecule has 1 unspecified atom stereocenters. The number of ether oxygens (including phenoxy) is 2. The molecule has 1 atom stereocenters. The summed E-state index contributed by atoms with van der Waals surface area (Å²) in [5, 5.41) is 0. The molecule has 108 valence electrons. The van der Waals surface area contributed by atoms with E-state index in [1.807, 2.05) is 12.1 Å². The summed E-state index contributed by atoms with van der Waals surface area (Å²) in [5.41, 5.74) is 2.24. The molecule has 7 heteroatoms. The van der Waals surface area contributed by atoms with E-state index in [2.05, 4.69) is 69.8 Å². The van der Waals surface area contributed by atoms with E-state index in [4.69, 9.17) is 9.47 Å². The molecule has 2 nitrogen and oxygen atoms in total. The quantitative estimate of drug-likeness (QED) is 0.403. The number of thiophene rings is 1. The molecule has 20 heavy (non-hydrogen) atoms. The molecule has 0 aliphatic carbocycles. The molecule has 0 saturated carbocycles. The average Bonchev–Trinajstić information content (AvgIpc) is 2.76. The molecule has 0 N–H and O–H groups in total. The summed E-state index contributed by atoms with van der Waals surface area (Å²) >= 11 is 16.1. The Balaban J connectivity index is 2.49. The van der Waals surface area contributed by atoms with E-state index < -0.39 is 0 Å². The molecule has 2 aromatic rings. The molecule has 1 aromatic carbocycles. The van der Waals surface area contributed by atoms with Crippen LogP contribution in [-0.2, 0) is 0 Å². The third-order valence-corrected chi connectivity index (χ3v) is 6.79. The number of methoxy groups -OCH3 is 2. The van der Waals surface area contributed by atoms with Gasteiger partial charge in [0.05, 0.1) is 26.6 Å². The third kappa shape index (κ3) is 3.43. The Morgan fingerprint density at radius 3 is 2.05 bits per heavy atom. The van der Waals surface area contributed by atoms with E-state index in [1.165, 1.54) is 0 Å². The Morgan fingerprint density at radius 1 is 0.950 bits per heavy atom. The van der Waals surface area contributed by atoms with Crippen LogP contribution < -0.4 is 9.47 Å². The summed E-state index contributed by atoms with van der Waals surface area (Å²) < 4.78 is 13.8. The molecule has 0 fully saturated rings. The summed E-state index contributed by atoms with van der Waals surface area (Å²) in [6.07, 6.45) is 0. The van der Waals surface area contributed by atoms with Gasteiger partial charge >= 0.3 is 0 Å². The van der Waals surface area contributed by atoms with Crippen LogP contribution in [-0.4, -0.2) is 14.2 Å². The minimum Gasteiger partial charge on any atom is -0.493 e. The van der Waals surface area contributed by atoms with Crippen LogP contribution >= 0.6 is 75.1 Å². The summed E-state index contributed by atoms with van der Waals surface area (Å²) in [5.74, 6) is 1.41. The van der Waals surface area contributed by atoms with E-state index in [9.17, 15) is 0 Å². The normalized spacial score (nSPS) is 12.3. The van der Waals surface area contributed by atoms with Crippen LogP contribution in [0.3, 0.4) is 0 Å². The maximum absolute atomic E-state index is 5.37. The van der Waals surface area contributed by atoms with Gasteiger partial charge in [-0.3, -0.25) is 0 Å². The van der Waals surface area contributed by atoms with Crippen LogP contribution in [0, 0.1) is 0 Å². The number of hydrogen-bond donors (Lipinski definition) is 0. The number of rotatable bonds is 4. The summed E-state index contributed by atoms with van der Waals surface area (Å²) in [6, 6.07) is 5.98. The Hall–Kier alpha value is 0.440. The van der Waals surface area contributed by atoms with Crippen LogP contribution in [0.1, 0.15) is 16.0 Å². The number of hydrogen-bond acceptors (Lipinski definition) is 3. The van der Waals surface area contributed by atoms with Crippen LogP contribution in [0.5, 0.6) is 11.5 Å². The van der Waals surface area contributed by atoms with Gasteiger partial charge < -0.3 is 9.47 Å². The largest absolute Gasteiger partial charge is 0.493 e. The van der Waals surface area contributed by atoms with Crippen molar-refractivity contribution in [1.29, 1.82) is 0 Å². The number of halogens is 4. The van der Waals surface area contributed by atoms with Gasteiger partial charge in [-0.1, -0.05) is 31.9 Å². The first-order chi connectivity index (χ1) is 9.47. The first-order valence-corrected chi connectivity index (χ1v) is 9.59. The number of alkyl halides is 1. The second-order valence-electron chi connectivity index (χ2n) is 3.87. The second-order valence-corrected chi connectivity index (χ2v) is 9.39. The highest BCUT2D eigenvalue weighted by molar-refractivity contribution is 9.12. The van der Waals surface area contributed by atoms with Gasteiger partial charge in [0.25, 0.3) is 0 Å². The molecular weight excluding hydrogens is 540 g/mol. The summed E-state index contributed by atoms with van der Waals surface area (Å²) in [7, 11) is 3.26.